The third-order valence-electron chi connectivity index (χ3n) is 2.45. The number of fused-ring (bicyclic) bond motifs is 1. The molecule has 1 aromatic rings. The van der Waals surface area contributed by atoms with E-state index in [-0.39, 0.29) is 6.04 Å². The Hall–Kier alpha value is -0.250. The highest BCUT2D eigenvalue weighted by Gasteiger charge is 2.25. The Labute approximate surface area is 103 Å². The smallest absolute Gasteiger partial charge is 0.138 e. The van der Waals surface area contributed by atoms with Gasteiger partial charge in [-0.1, -0.05) is 18.5 Å². The summed E-state index contributed by atoms with van der Waals surface area (Å²) < 4.78 is 6.56. The maximum Gasteiger partial charge on any atom is 0.138 e. The van der Waals surface area contributed by atoms with Crippen LogP contribution in [-0.2, 0) is 0 Å². The van der Waals surface area contributed by atoms with Gasteiger partial charge in [0.2, 0.25) is 0 Å². The van der Waals surface area contributed by atoms with Crippen LogP contribution in [0.3, 0.4) is 0 Å². The molecule has 82 valence electrons. The van der Waals surface area contributed by atoms with E-state index in [1.54, 1.807) is 0 Å². The molecule has 1 atom stereocenters. The molecule has 1 aliphatic heterocycles. The van der Waals surface area contributed by atoms with Crippen molar-refractivity contribution in [1.82, 2.24) is 5.32 Å². The fraction of sp³-hybridized carbons (Fsp3) is 0.455. The Kier molecular flexibility index (Phi) is 3.54. The quantitative estimate of drug-likeness (QED) is 0.919. The van der Waals surface area contributed by atoms with Crippen molar-refractivity contribution in [2.45, 2.75) is 19.4 Å². The van der Waals surface area contributed by atoms with E-state index >= 15 is 0 Å². The van der Waals surface area contributed by atoms with Gasteiger partial charge in [0.25, 0.3) is 0 Å². The van der Waals surface area contributed by atoms with Crippen LogP contribution in [-0.4, -0.2) is 13.2 Å². The molecule has 0 amide bonds. The third kappa shape index (κ3) is 2.30. The molecular weight excluding hydrogens is 277 g/mol. The minimum absolute atomic E-state index is 0.273. The molecule has 4 heteroatoms. The van der Waals surface area contributed by atoms with Gasteiger partial charge in [-0.3, -0.25) is 0 Å². The van der Waals surface area contributed by atoms with Gasteiger partial charge in [-0.15, -0.1) is 0 Å². The first kappa shape index (κ1) is 11.2. The standard InChI is InChI=1S/C11H13BrClNO/c1-2-3-14-10-6-15-11-8(10)4-7(13)5-9(11)12/h4-5,10,14H,2-3,6H2,1H3. The predicted octanol–water partition coefficient (Wildman–Crippen LogP) is 3.54. The number of benzene rings is 1. The molecular formula is C11H13BrClNO. The first-order valence-electron chi connectivity index (χ1n) is 5.07. The molecule has 15 heavy (non-hydrogen) atoms. The average Bonchev–Trinajstić information content (AvgIpc) is 2.58. The lowest BCUT2D eigenvalue weighted by Crippen LogP contribution is -2.23. The van der Waals surface area contributed by atoms with E-state index in [0.29, 0.717) is 6.61 Å². The van der Waals surface area contributed by atoms with Gasteiger partial charge in [0.1, 0.15) is 12.4 Å². The number of halogens is 2. The summed E-state index contributed by atoms with van der Waals surface area (Å²) in [6.45, 7) is 3.84. The highest BCUT2D eigenvalue weighted by Crippen LogP contribution is 2.40. The van der Waals surface area contributed by atoms with E-state index in [9.17, 15) is 0 Å². The SMILES string of the molecule is CCCNC1COc2c(Br)cc(Cl)cc21. The zero-order chi connectivity index (χ0) is 10.8. The van der Waals surface area contributed by atoms with Gasteiger partial charge in [-0.2, -0.15) is 0 Å². The molecule has 0 aliphatic carbocycles. The number of hydrogen-bond donors (Lipinski definition) is 1. The Balaban J connectivity index is 2.25. The highest BCUT2D eigenvalue weighted by molar-refractivity contribution is 9.10. The van der Waals surface area contributed by atoms with Gasteiger partial charge in [-0.25, -0.2) is 0 Å². The normalized spacial score (nSPS) is 18.7. The van der Waals surface area contributed by atoms with E-state index in [1.165, 1.54) is 0 Å². The summed E-state index contributed by atoms with van der Waals surface area (Å²) in [5.41, 5.74) is 1.16. The first-order chi connectivity index (χ1) is 7.22. The minimum atomic E-state index is 0.273. The third-order valence-corrected chi connectivity index (χ3v) is 3.25. The molecule has 0 bridgehead atoms. The van der Waals surface area contributed by atoms with Gasteiger partial charge in [-0.05, 0) is 41.0 Å². The Morgan fingerprint density at radius 3 is 3.13 bits per heavy atom. The fourth-order valence-corrected chi connectivity index (χ4v) is 2.68. The van der Waals surface area contributed by atoms with Crippen molar-refractivity contribution in [3.8, 4) is 5.75 Å². The van der Waals surface area contributed by atoms with Crippen molar-refractivity contribution in [2.75, 3.05) is 13.2 Å². The lowest BCUT2D eigenvalue weighted by Gasteiger charge is -2.10. The molecule has 0 aromatic heterocycles. The Bertz CT molecular complexity index is 370. The Morgan fingerprint density at radius 2 is 2.40 bits per heavy atom. The van der Waals surface area contributed by atoms with Crippen molar-refractivity contribution in [3.63, 3.8) is 0 Å². The number of ether oxygens (including phenoxy) is 1. The summed E-state index contributed by atoms with van der Waals surface area (Å²) in [5.74, 6) is 0.924. The zero-order valence-electron chi connectivity index (χ0n) is 8.52. The van der Waals surface area contributed by atoms with Crippen LogP contribution in [0.15, 0.2) is 16.6 Å². The molecule has 1 aliphatic rings. The second-order valence-electron chi connectivity index (χ2n) is 3.62. The molecule has 0 spiro atoms. The summed E-state index contributed by atoms with van der Waals surface area (Å²) >= 11 is 9.47. The van der Waals surface area contributed by atoms with Crippen molar-refractivity contribution >= 4 is 27.5 Å². The largest absolute Gasteiger partial charge is 0.490 e. The summed E-state index contributed by atoms with van der Waals surface area (Å²) in [7, 11) is 0. The van der Waals surface area contributed by atoms with E-state index in [4.69, 9.17) is 16.3 Å². The Morgan fingerprint density at radius 1 is 1.60 bits per heavy atom. The van der Waals surface area contributed by atoms with Crippen LogP contribution < -0.4 is 10.1 Å². The van der Waals surface area contributed by atoms with Gasteiger partial charge in [0.05, 0.1) is 10.5 Å². The predicted molar refractivity (Wildman–Crippen MR) is 65.7 cm³/mol. The van der Waals surface area contributed by atoms with Crippen LogP contribution in [0, 0.1) is 0 Å². The van der Waals surface area contributed by atoms with Gasteiger partial charge in [0, 0.05) is 10.6 Å². The van der Waals surface area contributed by atoms with Crippen LogP contribution in [0.1, 0.15) is 24.9 Å². The van der Waals surface area contributed by atoms with Gasteiger partial charge >= 0.3 is 0 Å². The lowest BCUT2D eigenvalue weighted by atomic mass is 10.1. The van der Waals surface area contributed by atoms with E-state index in [2.05, 4.69) is 28.2 Å². The van der Waals surface area contributed by atoms with Crippen LogP contribution in [0.25, 0.3) is 0 Å². The summed E-state index contributed by atoms with van der Waals surface area (Å²) in [4.78, 5) is 0. The molecule has 1 unspecified atom stereocenters. The van der Waals surface area contributed by atoms with E-state index < -0.39 is 0 Å². The minimum Gasteiger partial charge on any atom is -0.490 e. The molecule has 0 radical (unpaired) electrons. The monoisotopic (exact) mass is 289 g/mol. The van der Waals surface area contributed by atoms with Crippen LogP contribution in [0.5, 0.6) is 5.75 Å². The number of nitrogens with one attached hydrogen (secondary N) is 1. The van der Waals surface area contributed by atoms with Gasteiger partial charge < -0.3 is 10.1 Å². The van der Waals surface area contributed by atoms with Crippen LogP contribution in [0.4, 0.5) is 0 Å². The molecule has 1 N–H and O–H groups in total. The molecule has 0 fully saturated rings. The molecule has 2 rings (SSSR count). The van der Waals surface area contributed by atoms with Crippen molar-refractivity contribution in [3.05, 3.63) is 27.2 Å². The van der Waals surface area contributed by atoms with E-state index in [1.807, 2.05) is 12.1 Å². The molecule has 0 saturated carbocycles. The second-order valence-corrected chi connectivity index (χ2v) is 4.91. The topological polar surface area (TPSA) is 21.3 Å². The average molecular weight is 291 g/mol. The van der Waals surface area contributed by atoms with Crippen molar-refractivity contribution < 1.29 is 4.74 Å². The van der Waals surface area contributed by atoms with Crippen LogP contribution in [0.2, 0.25) is 5.02 Å². The number of hydrogen-bond acceptors (Lipinski definition) is 2. The maximum atomic E-state index is 6.01. The highest BCUT2D eigenvalue weighted by atomic mass is 79.9. The molecule has 2 nitrogen and oxygen atoms in total. The van der Waals surface area contributed by atoms with Crippen molar-refractivity contribution in [2.24, 2.45) is 0 Å². The first-order valence-corrected chi connectivity index (χ1v) is 6.24. The summed E-state index contributed by atoms with van der Waals surface area (Å²) in [6, 6.07) is 4.11. The van der Waals surface area contributed by atoms with Crippen LogP contribution >= 0.6 is 27.5 Å². The van der Waals surface area contributed by atoms with E-state index in [0.717, 1.165) is 33.8 Å². The zero-order valence-corrected chi connectivity index (χ0v) is 10.9. The molecule has 1 heterocycles. The fourth-order valence-electron chi connectivity index (χ4n) is 1.74. The molecule has 0 saturated heterocycles. The lowest BCUT2D eigenvalue weighted by molar-refractivity contribution is 0.310. The summed E-state index contributed by atoms with van der Waals surface area (Å²) in [6.07, 6.45) is 1.12. The number of rotatable bonds is 3. The van der Waals surface area contributed by atoms with Gasteiger partial charge in [0.15, 0.2) is 0 Å². The second kappa shape index (κ2) is 4.73. The molecule has 1 aromatic carbocycles. The maximum absolute atomic E-state index is 6.01. The summed E-state index contributed by atoms with van der Waals surface area (Å²) in [5, 5.41) is 4.18. The van der Waals surface area contributed by atoms with Crippen molar-refractivity contribution in [1.29, 1.82) is 0 Å².